The second-order valence-corrected chi connectivity index (χ2v) is 21.9. The first-order chi connectivity index (χ1) is 31.1. The number of hydrogen-bond acceptors (Lipinski definition) is 3. The van der Waals surface area contributed by atoms with Crippen molar-refractivity contribution in [3.8, 4) is 51.2 Å². The van der Waals surface area contributed by atoms with Crippen LogP contribution in [0, 0.1) is 25.4 Å². The number of hydrogen-bond donors (Lipinski definition) is 0. The van der Waals surface area contributed by atoms with E-state index in [2.05, 4.69) is 210 Å². The average Bonchev–Trinajstić information content (AvgIpc) is 3.86. The first-order valence-corrected chi connectivity index (χ1v) is 23.1. The summed E-state index contributed by atoms with van der Waals surface area (Å²) >= 11 is 0. The van der Waals surface area contributed by atoms with E-state index in [0.717, 1.165) is 67.1 Å². The summed E-state index contributed by atoms with van der Waals surface area (Å²) in [4.78, 5) is 5.03. The minimum absolute atomic E-state index is 0. The SMILES string of the molecule is Cc1cc(-n2c3[c-]c(Oc4[c-]c(-n5[c-][n+](-c6cc(C(C)(C)C)cc(C(C)(C)C)c6)nc5-c5cc(C(C)(C)C)cc(C(C)(C)C)c5)ccc4)ccc3c3ccccc32)ncc1-c1ccccc1.[Pt]. The molecule has 3 aromatic heterocycles. The van der Waals surface area contributed by atoms with Crippen LogP contribution in [-0.2, 0) is 42.7 Å². The number of rotatable bonds is 7. The summed E-state index contributed by atoms with van der Waals surface area (Å²) in [6.07, 6.45) is 5.65. The van der Waals surface area contributed by atoms with E-state index in [9.17, 15) is 0 Å². The van der Waals surface area contributed by atoms with Crippen molar-refractivity contribution in [2.45, 2.75) is 112 Å². The van der Waals surface area contributed by atoms with E-state index >= 15 is 0 Å². The Balaban J connectivity index is 0.00000608. The Morgan fingerprint density at radius 3 is 1.75 bits per heavy atom. The van der Waals surface area contributed by atoms with Crippen LogP contribution in [0.15, 0.2) is 134 Å². The van der Waals surface area contributed by atoms with E-state index in [0.29, 0.717) is 11.5 Å². The Morgan fingerprint density at radius 1 is 0.552 bits per heavy atom. The number of aromatic nitrogens is 5. The summed E-state index contributed by atoms with van der Waals surface area (Å²) in [6.45, 7) is 29.3. The van der Waals surface area contributed by atoms with Crippen LogP contribution in [0.25, 0.3) is 61.5 Å². The van der Waals surface area contributed by atoms with Crippen molar-refractivity contribution in [3.05, 3.63) is 180 Å². The third-order valence-corrected chi connectivity index (χ3v) is 12.6. The van der Waals surface area contributed by atoms with Crippen molar-refractivity contribution < 1.29 is 30.5 Å². The molecule has 0 saturated carbocycles. The molecule has 3 heterocycles. The number of benzene rings is 6. The average molecular weight is 1060 g/mol. The van der Waals surface area contributed by atoms with Gasteiger partial charge in [0.25, 0.3) is 6.33 Å². The van der Waals surface area contributed by atoms with Crippen molar-refractivity contribution in [3.63, 3.8) is 0 Å². The van der Waals surface area contributed by atoms with Crippen molar-refractivity contribution in [2.75, 3.05) is 0 Å². The molecule has 0 aliphatic rings. The van der Waals surface area contributed by atoms with Gasteiger partial charge in [-0.15, -0.1) is 34.8 Å². The van der Waals surface area contributed by atoms with E-state index in [1.807, 2.05) is 45.8 Å². The first-order valence-electron chi connectivity index (χ1n) is 23.1. The predicted molar refractivity (Wildman–Crippen MR) is 271 cm³/mol. The molecule has 6 nitrogen and oxygen atoms in total. The molecule has 0 aliphatic carbocycles. The quantitative estimate of drug-likeness (QED) is 0.118. The summed E-state index contributed by atoms with van der Waals surface area (Å²) in [5, 5.41) is 7.60. The largest absolute Gasteiger partial charge is 0.510 e. The van der Waals surface area contributed by atoms with Gasteiger partial charge in [0, 0.05) is 55.4 Å². The van der Waals surface area contributed by atoms with E-state index in [1.54, 1.807) is 0 Å². The van der Waals surface area contributed by atoms with E-state index in [4.69, 9.17) is 14.8 Å². The van der Waals surface area contributed by atoms with Crippen LogP contribution in [0.3, 0.4) is 0 Å². The molecule has 0 atom stereocenters. The van der Waals surface area contributed by atoms with E-state index in [1.165, 1.54) is 22.3 Å². The van der Waals surface area contributed by atoms with Gasteiger partial charge in [-0.3, -0.25) is 0 Å². The Hall–Kier alpha value is -6.10. The molecule has 0 N–H and O–H groups in total. The van der Waals surface area contributed by atoms with Gasteiger partial charge in [-0.25, -0.2) is 4.98 Å². The second-order valence-electron chi connectivity index (χ2n) is 21.9. The molecule has 0 saturated heterocycles. The van der Waals surface area contributed by atoms with Crippen LogP contribution < -0.4 is 9.42 Å². The second kappa shape index (κ2) is 17.5. The zero-order chi connectivity index (χ0) is 46.9. The van der Waals surface area contributed by atoms with Gasteiger partial charge in [0.1, 0.15) is 5.82 Å². The molecule has 0 bridgehead atoms. The van der Waals surface area contributed by atoms with Gasteiger partial charge in [0.15, 0.2) is 5.82 Å². The van der Waals surface area contributed by atoms with Crippen molar-refractivity contribution in [1.29, 1.82) is 0 Å². The molecule has 6 aromatic carbocycles. The molecular weight excluding hydrogens is 1000 g/mol. The number of nitrogens with zero attached hydrogens (tertiary/aromatic N) is 5. The van der Waals surface area contributed by atoms with Crippen LogP contribution in [0.5, 0.6) is 11.5 Å². The Labute approximate surface area is 412 Å². The first kappa shape index (κ1) is 47.4. The number of pyridine rings is 1. The molecule has 7 heteroatoms. The van der Waals surface area contributed by atoms with Gasteiger partial charge in [-0.2, -0.15) is 22.9 Å². The molecule has 0 spiro atoms. The fourth-order valence-electron chi connectivity index (χ4n) is 8.50. The maximum Gasteiger partial charge on any atom is 0.272 e. The summed E-state index contributed by atoms with van der Waals surface area (Å²) in [6, 6.07) is 52.1. The van der Waals surface area contributed by atoms with Crippen molar-refractivity contribution >= 4 is 21.8 Å². The van der Waals surface area contributed by atoms with Crippen LogP contribution in [0.1, 0.15) is 111 Å². The van der Waals surface area contributed by atoms with Crippen LogP contribution in [0.4, 0.5) is 0 Å². The maximum atomic E-state index is 6.71. The summed E-state index contributed by atoms with van der Waals surface area (Å²) < 4.78 is 12.8. The smallest absolute Gasteiger partial charge is 0.272 e. The topological polar surface area (TPSA) is 48.8 Å². The number of para-hydroxylation sites is 1. The summed E-state index contributed by atoms with van der Waals surface area (Å²) in [5.41, 5.74) is 12.7. The van der Waals surface area contributed by atoms with Crippen LogP contribution >= 0.6 is 0 Å². The predicted octanol–water partition coefficient (Wildman–Crippen LogP) is 14.7. The molecule has 0 aliphatic heterocycles. The third-order valence-electron chi connectivity index (χ3n) is 12.6. The standard InChI is InChI=1S/C60H61N5O.Pt/c1-39-28-55(61-37-52(39)40-20-15-14-16-21-40)65-53-25-18-17-24-50(53)51-27-26-49(36-54(51)65)66-48-23-19-22-46(35-48)63-38-64(47-33-44(59(8,9)10)32-45(34-47)60(11,12)13)62-56(63)41-29-42(57(2,3)4)31-43(30-41)58(5,6)7;/h14-34,37H,1-13H3;/q-2;. The molecule has 344 valence electrons. The molecule has 9 aromatic rings. The van der Waals surface area contributed by atoms with Gasteiger partial charge < -0.3 is 13.9 Å². The third kappa shape index (κ3) is 9.56. The fourth-order valence-corrected chi connectivity index (χ4v) is 8.50. The normalized spacial score (nSPS) is 12.4. The minimum atomic E-state index is -0.0839. The Bertz CT molecular complexity index is 3210. The number of aryl methyl sites for hydroxylation is 1. The van der Waals surface area contributed by atoms with Gasteiger partial charge in [-0.1, -0.05) is 179 Å². The van der Waals surface area contributed by atoms with Crippen LogP contribution in [-0.4, -0.2) is 19.2 Å². The van der Waals surface area contributed by atoms with Gasteiger partial charge in [0.05, 0.1) is 5.69 Å². The van der Waals surface area contributed by atoms with Crippen LogP contribution in [0.2, 0.25) is 0 Å². The van der Waals surface area contributed by atoms with Crippen molar-refractivity contribution in [1.82, 2.24) is 19.2 Å². The molecule has 0 fully saturated rings. The molecule has 0 amide bonds. The molecule has 9 rings (SSSR count). The Morgan fingerprint density at radius 2 is 1.13 bits per heavy atom. The molecule has 0 radical (unpaired) electrons. The van der Waals surface area contributed by atoms with E-state index in [-0.39, 0.29) is 42.7 Å². The summed E-state index contributed by atoms with van der Waals surface area (Å²) in [5.74, 6) is 2.71. The Kier molecular flexibility index (Phi) is 12.4. The zero-order valence-electron chi connectivity index (χ0n) is 41.2. The minimum Gasteiger partial charge on any atom is -0.510 e. The van der Waals surface area contributed by atoms with E-state index < -0.39 is 0 Å². The molecule has 0 unspecified atom stereocenters. The maximum absolute atomic E-state index is 6.71. The number of ether oxygens (including phenoxy) is 1. The number of fused-ring (bicyclic) bond motifs is 3. The zero-order valence-corrected chi connectivity index (χ0v) is 43.4. The molecule has 67 heavy (non-hydrogen) atoms. The summed E-state index contributed by atoms with van der Waals surface area (Å²) in [7, 11) is 0. The van der Waals surface area contributed by atoms with Gasteiger partial charge >= 0.3 is 0 Å². The van der Waals surface area contributed by atoms with Crippen molar-refractivity contribution in [2.24, 2.45) is 0 Å². The fraction of sp³-hybridized carbons (Fsp3) is 0.283. The molecular formula is C60H61N5OPt-2. The van der Waals surface area contributed by atoms with Gasteiger partial charge in [-0.05, 0) is 79.5 Å². The monoisotopic (exact) mass is 1060 g/mol. The van der Waals surface area contributed by atoms with Gasteiger partial charge in [0.2, 0.25) is 0 Å².